The highest BCUT2D eigenvalue weighted by molar-refractivity contribution is 5.69. The van der Waals surface area contributed by atoms with Crippen molar-refractivity contribution in [2.75, 3.05) is 0 Å². The molecule has 2 aromatic rings. The van der Waals surface area contributed by atoms with Gasteiger partial charge in [-0.15, -0.1) is 0 Å². The fraction of sp³-hybridized carbons (Fsp3) is 0.533. The van der Waals surface area contributed by atoms with Crippen molar-refractivity contribution in [1.82, 2.24) is 4.98 Å². The lowest BCUT2D eigenvalue weighted by molar-refractivity contribution is 0.334. The summed E-state index contributed by atoms with van der Waals surface area (Å²) in [6.45, 7) is 24.8. The summed E-state index contributed by atoms with van der Waals surface area (Å²) in [5.74, 6) is 3.78. The number of allylic oxidation sites excluding steroid dienone is 10. The van der Waals surface area contributed by atoms with Crippen LogP contribution in [0.1, 0.15) is 137 Å². The van der Waals surface area contributed by atoms with E-state index in [1.807, 2.05) is 12.3 Å². The fourth-order valence-electron chi connectivity index (χ4n) is 5.40. The van der Waals surface area contributed by atoms with Crippen molar-refractivity contribution < 1.29 is 0 Å². The van der Waals surface area contributed by atoms with E-state index in [0.29, 0.717) is 11.8 Å². The number of pyridine rings is 1. The van der Waals surface area contributed by atoms with Gasteiger partial charge in [-0.3, -0.25) is 4.98 Å². The van der Waals surface area contributed by atoms with Gasteiger partial charge < -0.3 is 0 Å². The highest BCUT2D eigenvalue weighted by atomic mass is 14.7. The molecule has 1 aliphatic rings. The SMILES string of the molecule is CCC(C)CC.CCC(C)CC(/C=C\C=C(/C)c1cccc(C)c1)C(C)CC.CCC=CCC1CC=C(C)C=C1c1ccccn1. The predicted molar refractivity (Wildman–Crippen MR) is 209 cm³/mol. The molecular formula is C45H69N. The van der Waals surface area contributed by atoms with Gasteiger partial charge in [0.05, 0.1) is 5.69 Å². The van der Waals surface area contributed by atoms with Crippen LogP contribution in [0.2, 0.25) is 0 Å². The van der Waals surface area contributed by atoms with E-state index in [1.54, 1.807) is 0 Å². The second kappa shape index (κ2) is 24.3. The van der Waals surface area contributed by atoms with Crippen molar-refractivity contribution in [3.63, 3.8) is 0 Å². The van der Waals surface area contributed by atoms with Gasteiger partial charge in [0, 0.05) is 6.20 Å². The van der Waals surface area contributed by atoms with Crippen LogP contribution in [0.5, 0.6) is 0 Å². The zero-order valence-corrected chi connectivity index (χ0v) is 31.7. The van der Waals surface area contributed by atoms with Crippen molar-refractivity contribution in [3.05, 3.63) is 114 Å². The molecule has 4 atom stereocenters. The third-order valence-corrected chi connectivity index (χ3v) is 9.65. The molecule has 0 fully saturated rings. The average molecular weight is 624 g/mol. The van der Waals surface area contributed by atoms with E-state index in [-0.39, 0.29) is 0 Å². The van der Waals surface area contributed by atoms with Gasteiger partial charge in [0.15, 0.2) is 0 Å². The van der Waals surface area contributed by atoms with Crippen LogP contribution in [0.4, 0.5) is 0 Å². The Morgan fingerprint density at radius 3 is 2.15 bits per heavy atom. The minimum atomic E-state index is 0.575. The average Bonchev–Trinajstić information content (AvgIpc) is 3.08. The van der Waals surface area contributed by atoms with Crippen LogP contribution in [0.3, 0.4) is 0 Å². The van der Waals surface area contributed by atoms with Crippen LogP contribution in [-0.4, -0.2) is 4.98 Å². The molecule has 0 saturated carbocycles. The molecule has 1 aromatic heterocycles. The van der Waals surface area contributed by atoms with E-state index in [2.05, 4.69) is 160 Å². The first kappa shape index (κ1) is 41.1. The maximum Gasteiger partial charge on any atom is 0.0664 e. The largest absolute Gasteiger partial charge is 0.257 e. The maximum atomic E-state index is 4.50. The summed E-state index contributed by atoms with van der Waals surface area (Å²) >= 11 is 0. The molecule has 1 aromatic carbocycles. The number of aryl methyl sites for hydroxylation is 1. The van der Waals surface area contributed by atoms with E-state index in [0.717, 1.165) is 42.7 Å². The Kier molecular flexibility index (Phi) is 21.7. The Labute approximate surface area is 286 Å². The topological polar surface area (TPSA) is 12.9 Å². The van der Waals surface area contributed by atoms with Crippen LogP contribution < -0.4 is 0 Å². The molecule has 1 nitrogen and oxygen atoms in total. The van der Waals surface area contributed by atoms with Gasteiger partial charge >= 0.3 is 0 Å². The molecule has 4 unspecified atom stereocenters. The van der Waals surface area contributed by atoms with Crippen LogP contribution >= 0.6 is 0 Å². The number of nitrogens with zero attached hydrogens (tertiary/aromatic N) is 1. The Hall–Kier alpha value is -2.93. The van der Waals surface area contributed by atoms with Crippen molar-refractivity contribution in [2.45, 2.75) is 128 Å². The maximum absolute atomic E-state index is 4.50. The van der Waals surface area contributed by atoms with E-state index < -0.39 is 0 Å². The number of aromatic nitrogens is 1. The van der Waals surface area contributed by atoms with Crippen LogP contribution in [0, 0.1) is 36.5 Å². The van der Waals surface area contributed by atoms with E-state index in [1.165, 1.54) is 60.0 Å². The molecule has 3 rings (SSSR count). The molecule has 1 heterocycles. The molecule has 0 spiro atoms. The summed E-state index contributed by atoms with van der Waals surface area (Å²) in [4.78, 5) is 4.50. The zero-order valence-electron chi connectivity index (χ0n) is 31.7. The van der Waals surface area contributed by atoms with Crippen molar-refractivity contribution in [2.24, 2.45) is 29.6 Å². The first-order valence-corrected chi connectivity index (χ1v) is 18.5. The first-order valence-electron chi connectivity index (χ1n) is 18.5. The summed E-state index contributed by atoms with van der Waals surface area (Å²) in [5.41, 5.74) is 7.85. The molecule has 0 N–H and O–H groups in total. The summed E-state index contributed by atoms with van der Waals surface area (Å²) in [5, 5.41) is 0. The van der Waals surface area contributed by atoms with Gasteiger partial charge in [-0.05, 0) is 105 Å². The van der Waals surface area contributed by atoms with Gasteiger partial charge in [-0.1, -0.05) is 165 Å². The predicted octanol–water partition coefficient (Wildman–Crippen LogP) is 14.3. The molecule has 1 heteroatoms. The van der Waals surface area contributed by atoms with Gasteiger partial charge in [0.1, 0.15) is 0 Å². The third-order valence-electron chi connectivity index (χ3n) is 9.65. The van der Waals surface area contributed by atoms with Crippen molar-refractivity contribution in [3.8, 4) is 0 Å². The highest BCUT2D eigenvalue weighted by Crippen LogP contribution is 2.33. The van der Waals surface area contributed by atoms with Gasteiger partial charge in [-0.2, -0.15) is 0 Å². The standard InChI is InChI=1S/C22H34.C17H21N.C6H14/c1-7-17(3)15-21(19(5)8-2)14-10-12-20(6)22-13-9-11-18(4)16-22;1-3-4-5-8-15-11-10-14(2)13-16(15)17-9-6-7-12-18-17;1-4-6(3)5-2/h9-14,16-17,19,21H,7-8,15H2,1-6H3;4-7,9-10,12-13,15H,3,8,11H2,1-2H3;6H,4-5H2,1-3H3/b14-10-,20-12+;;. The smallest absolute Gasteiger partial charge is 0.0664 e. The minimum absolute atomic E-state index is 0.575. The molecule has 0 aliphatic heterocycles. The molecule has 254 valence electrons. The molecule has 0 saturated heterocycles. The summed E-state index contributed by atoms with van der Waals surface area (Å²) < 4.78 is 0. The molecule has 0 amide bonds. The Bertz CT molecular complexity index is 1220. The Morgan fingerprint density at radius 1 is 0.870 bits per heavy atom. The molecular weight excluding hydrogens is 555 g/mol. The fourth-order valence-corrected chi connectivity index (χ4v) is 5.40. The summed E-state index contributed by atoms with van der Waals surface area (Å²) in [7, 11) is 0. The zero-order chi connectivity index (χ0) is 34.3. The number of hydrogen-bond donors (Lipinski definition) is 0. The van der Waals surface area contributed by atoms with E-state index in [4.69, 9.17) is 0 Å². The Morgan fingerprint density at radius 2 is 1.59 bits per heavy atom. The van der Waals surface area contributed by atoms with Crippen LogP contribution in [0.15, 0.2) is 96.8 Å². The lowest BCUT2D eigenvalue weighted by atomic mass is 9.83. The van der Waals surface area contributed by atoms with Crippen molar-refractivity contribution >= 4 is 11.1 Å². The monoisotopic (exact) mass is 624 g/mol. The molecule has 1 aliphatic carbocycles. The molecule has 46 heavy (non-hydrogen) atoms. The minimum Gasteiger partial charge on any atom is -0.257 e. The molecule has 0 bridgehead atoms. The van der Waals surface area contributed by atoms with E-state index in [9.17, 15) is 0 Å². The second-order valence-electron chi connectivity index (χ2n) is 13.6. The lowest BCUT2D eigenvalue weighted by Gasteiger charge is -2.22. The van der Waals surface area contributed by atoms with Crippen molar-refractivity contribution in [1.29, 1.82) is 0 Å². The van der Waals surface area contributed by atoms with E-state index >= 15 is 0 Å². The first-order chi connectivity index (χ1) is 22.1. The molecule has 0 radical (unpaired) electrons. The summed E-state index contributed by atoms with van der Waals surface area (Å²) in [6, 6.07) is 14.9. The van der Waals surface area contributed by atoms with Crippen LogP contribution in [-0.2, 0) is 0 Å². The van der Waals surface area contributed by atoms with Crippen LogP contribution in [0.25, 0.3) is 11.1 Å². The number of benzene rings is 1. The normalized spacial score (nSPS) is 17.0. The lowest BCUT2D eigenvalue weighted by Crippen LogP contribution is -2.12. The highest BCUT2D eigenvalue weighted by Gasteiger charge is 2.18. The number of rotatable bonds is 14. The van der Waals surface area contributed by atoms with Gasteiger partial charge in [-0.25, -0.2) is 0 Å². The second-order valence-corrected chi connectivity index (χ2v) is 13.6. The van der Waals surface area contributed by atoms with Gasteiger partial charge in [0.2, 0.25) is 0 Å². The van der Waals surface area contributed by atoms with Gasteiger partial charge in [0.25, 0.3) is 0 Å². The number of hydrogen-bond acceptors (Lipinski definition) is 1. The Balaban J connectivity index is 0.000000396. The summed E-state index contributed by atoms with van der Waals surface area (Å²) in [6.07, 6.45) is 27.9. The quantitative estimate of drug-likeness (QED) is 0.151. The third kappa shape index (κ3) is 16.6.